The lowest BCUT2D eigenvalue weighted by Crippen LogP contribution is -2.46. The zero-order valence-corrected chi connectivity index (χ0v) is 12.5. The van der Waals surface area contributed by atoms with Gasteiger partial charge in [0.2, 0.25) is 10.0 Å². The van der Waals surface area contributed by atoms with E-state index in [1.165, 1.54) is 12.1 Å². The maximum Gasteiger partial charge on any atom is 0.240 e. The van der Waals surface area contributed by atoms with Crippen molar-refractivity contribution in [3.8, 4) is 0 Å². The molecule has 1 aliphatic carbocycles. The third-order valence-corrected chi connectivity index (χ3v) is 5.41. The number of benzene rings is 1. The second kappa shape index (κ2) is 5.79. The van der Waals surface area contributed by atoms with Crippen LogP contribution in [-0.4, -0.2) is 25.7 Å². The van der Waals surface area contributed by atoms with Gasteiger partial charge in [0.1, 0.15) is 5.82 Å². The van der Waals surface area contributed by atoms with Crippen molar-refractivity contribution < 1.29 is 17.9 Å². The largest absolute Gasteiger partial charge is 0.393 e. The van der Waals surface area contributed by atoms with Crippen LogP contribution >= 0.6 is 0 Å². The Kier molecular flexibility index (Phi) is 4.46. The van der Waals surface area contributed by atoms with Crippen LogP contribution in [0.2, 0.25) is 0 Å². The predicted octanol–water partition coefficient (Wildman–Crippen LogP) is 1.96. The summed E-state index contributed by atoms with van der Waals surface area (Å²) in [5.41, 5.74) is 0.415. The van der Waals surface area contributed by atoms with Gasteiger partial charge in [-0.25, -0.2) is 17.5 Å². The van der Waals surface area contributed by atoms with Crippen molar-refractivity contribution in [3.63, 3.8) is 0 Å². The lowest BCUT2D eigenvalue weighted by atomic mass is 9.77. The number of hydrogen-bond acceptors (Lipinski definition) is 3. The average molecular weight is 301 g/mol. The van der Waals surface area contributed by atoms with E-state index in [2.05, 4.69) is 4.72 Å². The van der Waals surface area contributed by atoms with Gasteiger partial charge in [-0.05, 0) is 49.8 Å². The monoisotopic (exact) mass is 301 g/mol. The van der Waals surface area contributed by atoms with E-state index in [1.807, 2.05) is 6.92 Å². The molecule has 0 spiro atoms. The first-order valence-electron chi connectivity index (χ1n) is 6.80. The number of aryl methyl sites for hydroxylation is 1. The number of nitrogens with one attached hydrogen (secondary N) is 1. The van der Waals surface area contributed by atoms with E-state index in [0.717, 1.165) is 6.07 Å². The van der Waals surface area contributed by atoms with Crippen molar-refractivity contribution >= 4 is 10.0 Å². The molecule has 0 heterocycles. The second-order valence-electron chi connectivity index (χ2n) is 5.43. The molecule has 0 amide bonds. The highest BCUT2D eigenvalue weighted by atomic mass is 32.2. The molecule has 0 radical (unpaired) electrons. The highest BCUT2D eigenvalue weighted by Crippen LogP contribution is 2.32. The zero-order chi connectivity index (χ0) is 14.9. The van der Waals surface area contributed by atoms with Crippen LogP contribution in [-0.2, 0) is 10.0 Å². The van der Waals surface area contributed by atoms with Gasteiger partial charge in [-0.1, -0.05) is 13.0 Å². The van der Waals surface area contributed by atoms with Crippen LogP contribution in [0.4, 0.5) is 4.39 Å². The number of aliphatic hydroxyl groups is 1. The second-order valence-corrected chi connectivity index (χ2v) is 7.15. The lowest BCUT2D eigenvalue weighted by Gasteiger charge is -2.37. The molecule has 0 aromatic heterocycles. The van der Waals surface area contributed by atoms with Gasteiger partial charge in [0.15, 0.2) is 0 Å². The highest BCUT2D eigenvalue weighted by Gasteiger charge is 2.35. The summed E-state index contributed by atoms with van der Waals surface area (Å²) in [6, 6.07) is 3.69. The van der Waals surface area contributed by atoms with E-state index in [9.17, 15) is 17.9 Å². The van der Waals surface area contributed by atoms with Gasteiger partial charge in [-0.2, -0.15) is 0 Å². The Hall–Kier alpha value is -0.980. The normalized spacial score (nSPS) is 24.2. The summed E-state index contributed by atoms with van der Waals surface area (Å²) in [7, 11) is -3.72. The van der Waals surface area contributed by atoms with Crippen LogP contribution in [0.25, 0.3) is 0 Å². The van der Waals surface area contributed by atoms with E-state index in [0.29, 0.717) is 24.8 Å². The molecular weight excluding hydrogens is 281 g/mol. The van der Waals surface area contributed by atoms with Crippen LogP contribution in [0.3, 0.4) is 0 Å². The number of halogens is 1. The quantitative estimate of drug-likeness (QED) is 0.873. The maximum atomic E-state index is 13.5. The van der Waals surface area contributed by atoms with E-state index in [4.69, 9.17) is 0 Å². The van der Waals surface area contributed by atoms with Gasteiger partial charge < -0.3 is 5.11 Å². The number of aliphatic hydroxyl groups excluding tert-OH is 1. The van der Waals surface area contributed by atoms with Gasteiger partial charge in [-0.3, -0.25) is 0 Å². The van der Waals surface area contributed by atoms with Crippen LogP contribution in [0.15, 0.2) is 23.1 Å². The first-order chi connectivity index (χ1) is 9.33. The van der Waals surface area contributed by atoms with Crippen molar-refractivity contribution in [2.24, 2.45) is 5.92 Å². The molecule has 112 valence electrons. The van der Waals surface area contributed by atoms with Gasteiger partial charge in [-0.15, -0.1) is 0 Å². The van der Waals surface area contributed by atoms with Crippen LogP contribution in [0.1, 0.15) is 31.7 Å². The minimum Gasteiger partial charge on any atom is -0.393 e. The van der Waals surface area contributed by atoms with E-state index in [1.54, 1.807) is 6.92 Å². The first kappa shape index (κ1) is 15.4. The third kappa shape index (κ3) is 3.19. The van der Waals surface area contributed by atoms with Crippen LogP contribution in [0.5, 0.6) is 0 Å². The first-order valence-corrected chi connectivity index (χ1v) is 8.28. The maximum absolute atomic E-state index is 13.5. The third-order valence-electron chi connectivity index (χ3n) is 3.92. The summed E-state index contributed by atoms with van der Waals surface area (Å²) in [4.78, 5) is -0.0566. The molecule has 6 heteroatoms. The fourth-order valence-corrected chi connectivity index (χ4v) is 3.88. The van der Waals surface area contributed by atoms with Crippen molar-refractivity contribution in [1.29, 1.82) is 0 Å². The van der Waals surface area contributed by atoms with Gasteiger partial charge in [0, 0.05) is 6.04 Å². The summed E-state index contributed by atoms with van der Waals surface area (Å²) in [5, 5.41) is 9.32. The molecule has 0 bridgehead atoms. The standard InChI is InChI=1S/C14H20FNO3S/c1-3-14(10-6-11(17)7-10)16-20(18,19)12-5-4-9(2)13(15)8-12/h4-5,8,10-11,14,16-17H,3,6-7H2,1-2H3/t10?,11?,14-/m1/s1. The fourth-order valence-electron chi connectivity index (χ4n) is 2.48. The fraction of sp³-hybridized carbons (Fsp3) is 0.571. The average Bonchev–Trinajstić information content (AvgIpc) is 2.35. The summed E-state index contributed by atoms with van der Waals surface area (Å²) >= 11 is 0. The molecule has 20 heavy (non-hydrogen) atoms. The molecule has 1 aromatic carbocycles. The Labute approximate surface area is 119 Å². The smallest absolute Gasteiger partial charge is 0.240 e. The molecule has 1 aromatic rings. The highest BCUT2D eigenvalue weighted by molar-refractivity contribution is 7.89. The molecule has 0 aliphatic heterocycles. The molecule has 2 rings (SSSR count). The zero-order valence-electron chi connectivity index (χ0n) is 11.6. The Morgan fingerprint density at radius 2 is 2.10 bits per heavy atom. The van der Waals surface area contributed by atoms with Crippen molar-refractivity contribution in [2.45, 2.75) is 50.2 Å². The molecule has 1 saturated carbocycles. The Morgan fingerprint density at radius 1 is 1.45 bits per heavy atom. The van der Waals surface area contributed by atoms with Crippen molar-refractivity contribution in [3.05, 3.63) is 29.6 Å². The van der Waals surface area contributed by atoms with Gasteiger partial charge in [0.25, 0.3) is 0 Å². The van der Waals surface area contributed by atoms with E-state index >= 15 is 0 Å². The minimum atomic E-state index is -3.72. The van der Waals surface area contributed by atoms with E-state index < -0.39 is 15.8 Å². The van der Waals surface area contributed by atoms with Crippen LogP contribution in [0, 0.1) is 18.7 Å². The molecule has 2 N–H and O–H groups in total. The lowest BCUT2D eigenvalue weighted by molar-refractivity contribution is 0.0277. The van der Waals surface area contributed by atoms with Crippen molar-refractivity contribution in [2.75, 3.05) is 0 Å². The summed E-state index contributed by atoms with van der Waals surface area (Å²) in [6.45, 7) is 3.48. The number of sulfonamides is 1. The molecule has 1 aliphatic rings. The summed E-state index contributed by atoms with van der Waals surface area (Å²) in [6.07, 6.45) is 1.55. The topological polar surface area (TPSA) is 66.4 Å². The van der Waals surface area contributed by atoms with Crippen molar-refractivity contribution in [1.82, 2.24) is 4.72 Å². The molecule has 0 saturated heterocycles. The molecule has 0 unspecified atom stereocenters. The van der Waals surface area contributed by atoms with E-state index in [-0.39, 0.29) is 23.0 Å². The Bertz CT molecular complexity index is 582. The van der Waals surface area contributed by atoms with Gasteiger partial charge in [0.05, 0.1) is 11.0 Å². The summed E-state index contributed by atoms with van der Waals surface area (Å²) < 4.78 is 40.6. The minimum absolute atomic E-state index is 0.0566. The molecule has 1 atom stereocenters. The number of rotatable bonds is 5. The Balaban J connectivity index is 2.15. The summed E-state index contributed by atoms with van der Waals surface area (Å²) in [5.74, 6) is -0.375. The predicted molar refractivity (Wildman–Crippen MR) is 74.3 cm³/mol. The molecule has 4 nitrogen and oxygen atoms in total. The Morgan fingerprint density at radius 3 is 2.60 bits per heavy atom. The van der Waals surface area contributed by atoms with Crippen LogP contribution < -0.4 is 4.72 Å². The molecular formula is C14H20FNO3S. The SMILES string of the molecule is CC[C@@H](NS(=O)(=O)c1ccc(C)c(F)c1)C1CC(O)C1. The molecule has 1 fully saturated rings. The number of hydrogen-bond donors (Lipinski definition) is 2. The van der Waals surface area contributed by atoms with Gasteiger partial charge >= 0.3 is 0 Å².